The molecule has 0 aromatic heterocycles. The number of nitrogens with one attached hydrogen (secondary N) is 1. The second kappa shape index (κ2) is 8.98. The van der Waals surface area contributed by atoms with Gasteiger partial charge in [-0.25, -0.2) is 17.9 Å². The Morgan fingerprint density at radius 1 is 1.19 bits per heavy atom. The monoisotopic (exact) mass is 412 g/mol. The maximum absolute atomic E-state index is 13.5. The zero-order chi connectivity index (χ0) is 20.0. The zero-order valence-electron chi connectivity index (χ0n) is 14.2. The summed E-state index contributed by atoms with van der Waals surface area (Å²) in [7, 11) is -3.82. The molecule has 0 aliphatic carbocycles. The predicted molar refractivity (Wildman–Crippen MR) is 99.1 cm³/mol. The molecule has 27 heavy (non-hydrogen) atoms. The van der Waals surface area contributed by atoms with Crippen LogP contribution >= 0.6 is 11.8 Å². The largest absolute Gasteiger partial charge is 0.452 e. The summed E-state index contributed by atoms with van der Waals surface area (Å²) in [5.41, 5.74) is 0.316. The van der Waals surface area contributed by atoms with Crippen molar-refractivity contribution in [2.45, 2.75) is 22.8 Å². The molecule has 0 aliphatic heterocycles. The number of benzene rings is 2. The van der Waals surface area contributed by atoms with Gasteiger partial charge >= 0.3 is 5.97 Å². The number of amides is 1. The second-order valence-electron chi connectivity index (χ2n) is 5.41. The number of ether oxygens (including phenoxy) is 1. The molecule has 0 radical (unpaired) electrons. The third-order valence-electron chi connectivity index (χ3n) is 3.31. The fourth-order valence-electron chi connectivity index (χ4n) is 1.96. The van der Waals surface area contributed by atoms with Gasteiger partial charge in [-0.2, -0.15) is 0 Å². The van der Waals surface area contributed by atoms with Crippen molar-refractivity contribution in [3.05, 3.63) is 54.3 Å². The molecule has 144 valence electrons. The first kappa shape index (κ1) is 20.9. The number of esters is 1. The lowest BCUT2D eigenvalue weighted by molar-refractivity contribution is -0.150. The maximum atomic E-state index is 13.5. The van der Waals surface area contributed by atoms with Crippen LogP contribution in [-0.4, -0.2) is 32.2 Å². The van der Waals surface area contributed by atoms with Gasteiger partial charge in [0.15, 0.2) is 6.10 Å². The van der Waals surface area contributed by atoms with Crippen LogP contribution in [0.5, 0.6) is 0 Å². The first-order valence-electron chi connectivity index (χ1n) is 7.67. The number of hydrogen-bond donors (Lipinski definition) is 2. The Bertz CT molecular complexity index is 933. The molecule has 2 aromatic rings. The summed E-state index contributed by atoms with van der Waals surface area (Å²) >= 11 is 0.967. The summed E-state index contributed by atoms with van der Waals surface area (Å²) < 4.78 is 40.9. The van der Waals surface area contributed by atoms with Gasteiger partial charge in [-0.15, -0.1) is 11.8 Å². The van der Waals surface area contributed by atoms with E-state index in [1.165, 1.54) is 43.3 Å². The standard InChI is InChI=1S/C17H17FN2O5S2/c1-11(25-16(21)10-26-15-5-3-2-4-14(15)18)17(22)20-12-6-8-13(9-7-12)27(19,23)24/h2-9,11H,10H2,1H3,(H,20,22)(H2,19,23,24)/t11-/m1/s1. The lowest BCUT2D eigenvalue weighted by Gasteiger charge is -2.13. The summed E-state index contributed by atoms with van der Waals surface area (Å²) in [5, 5.41) is 7.48. The van der Waals surface area contributed by atoms with Crippen LogP contribution in [0.15, 0.2) is 58.3 Å². The predicted octanol–water partition coefficient (Wildman–Crippen LogP) is 2.14. The van der Waals surface area contributed by atoms with Crippen LogP contribution in [0.25, 0.3) is 0 Å². The number of sulfonamides is 1. The van der Waals surface area contributed by atoms with Crippen molar-refractivity contribution in [1.82, 2.24) is 0 Å². The van der Waals surface area contributed by atoms with Crippen molar-refractivity contribution in [3.63, 3.8) is 0 Å². The van der Waals surface area contributed by atoms with Gasteiger partial charge in [0.25, 0.3) is 5.91 Å². The van der Waals surface area contributed by atoms with E-state index in [4.69, 9.17) is 9.88 Å². The van der Waals surface area contributed by atoms with Gasteiger partial charge < -0.3 is 10.1 Å². The molecule has 0 aliphatic rings. The Kier molecular flexibility index (Phi) is 6.94. The quantitative estimate of drug-likeness (QED) is 0.532. The minimum absolute atomic E-state index is 0.0925. The van der Waals surface area contributed by atoms with E-state index in [0.717, 1.165) is 11.8 Å². The van der Waals surface area contributed by atoms with Gasteiger partial charge in [0.1, 0.15) is 5.82 Å². The number of hydrogen-bond acceptors (Lipinski definition) is 6. The van der Waals surface area contributed by atoms with Crippen LogP contribution in [0.1, 0.15) is 6.92 Å². The molecule has 1 amide bonds. The molecule has 0 saturated carbocycles. The normalized spacial score (nSPS) is 12.3. The van der Waals surface area contributed by atoms with Gasteiger partial charge in [0.05, 0.1) is 10.6 Å². The lowest BCUT2D eigenvalue weighted by Crippen LogP contribution is -2.30. The Labute approximate surface area is 160 Å². The molecule has 0 heterocycles. The number of rotatable bonds is 7. The third kappa shape index (κ3) is 6.35. The van der Waals surface area contributed by atoms with E-state index in [2.05, 4.69) is 5.32 Å². The maximum Gasteiger partial charge on any atom is 0.317 e. The summed E-state index contributed by atoms with van der Waals surface area (Å²) in [6.45, 7) is 1.39. The van der Waals surface area contributed by atoms with Crippen LogP contribution in [0.2, 0.25) is 0 Å². The zero-order valence-corrected chi connectivity index (χ0v) is 15.8. The van der Waals surface area contributed by atoms with E-state index in [-0.39, 0.29) is 10.6 Å². The van der Waals surface area contributed by atoms with Crippen molar-refractivity contribution in [3.8, 4) is 0 Å². The number of carbonyl (C=O) groups excluding carboxylic acids is 2. The van der Waals surface area contributed by atoms with Crippen LogP contribution in [0.4, 0.5) is 10.1 Å². The van der Waals surface area contributed by atoms with Crippen LogP contribution in [-0.2, 0) is 24.3 Å². The minimum Gasteiger partial charge on any atom is -0.452 e. The van der Waals surface area contributed by atoms with Gasteiger partial charge in [0.2, 0.25) is 10.0 Å². The van der Waals surface area contributed by atoms with E-state index in [0.29, 0.717) is 10.6 Å². The molecule has 0 spiro atoms. The SMILES string of the molecule is C[C@@H](OC(=O)CSc1ccccc1F)C(=O)Nc1ccc(S(N)(=O)=O)cc1. The summed E-state index contributed by atoms with van der Waals surface area (Å²) in [6, 6.07) is 11.2. The van der Waals surface area contributed by atoms with Gasteiger partial charge in [-0.3, -0.25) is 9.59 Å². The highest BCUT2D eigenvalue weighted by molar-refractivity contribution is 8.00. The smallest absolute Gasteiger partial charge is 0.317 e. The third-order valence-corrected chi connectivity index (χ3v) is 5.26. The molecule has 10 heteroatoms. The van der Waals surface area contributed by atoms with Crippen molar-refractivity contribution >= 4 is 39.3 Å². The number of anilines is 1. The number of carbonyl (C=O) groups is 2. The fourth-order valence-corrected chi connectivity index (χ4v) is 3.19. The highest BCUT2D eigenvalue weighted by atomic mass is 32.2. The highest BCUT2D eigenvalue weighted by Crippen LogP contribution is 2.21. The number of primary sulfonamides is 1. The fraction of sp³-hybridized carbons (Fsp3) is 0.176. The van der Waals surface area contributed by atoms with Crippen molar-refractivity contribution < 1.29 is 27.1 Å². The number of halogens is 1. The van der Waals surface area contributed by atoms with E-state index in [1.54, 1.807) is 12.1 Å². The van der Waals surface area contributed by atoms with Gasteiger partial charge in [0, 0.05) is 10.6 Å². The second-order valence-corrected chi connectivity index (χ2v) is 7.99. The molecule has 2 aromatic carbocycles. The van der Waals surface area contributed by atoms with Gasteiger partial charge in [-0.1, -0.05) is 12.1 Å². The number of thioether (sulfide) groups is 1. The average Bonchev–Trinajstić information content (AvgIpc) is 2.60. The Hall–Kier alpha value is -2.43. The lowest BCUT2D eigenvalue weighted by atomic mass is 10.3. The molecular formula is C17H17FN2O5S2. The van der Waals surface area contributed by atoms with E-state index in [9.17, 15) is 22.4 Å². The average molecular weight is 412 g/mol. The van der Waals surface area contributed by atoms with E-state index >= 15 is 0 Å². The topological polar surface area (TPSA) is 116 Å². The molecule has 7 nitrogen and oxygen atoms in total. The van der Waals surface area contributed by atoms with Crippen LogP contribution < -0.4 is 10.5 Å². The van der Waals surface area contributed by atoms with Gasteiger partial charge in [-0.05, 0) is 43.3 Å². The molecule has 0 saturated heterocycles. The minimum atomic E-state index is -3.82. The molecule has 3 N–H and O–H groups in total. The van der Waals surface area contributed by atoms with E-state index in [1.807, 2.05) is 0 Å². The van der Waals surface area contributed by atoms with E-state index < -0.39 is 33.8 Å². The molecule has 0 unspecified atom stereocenters. The summed E-state index contributed by atoms with van der Waals surface area (Å²) in [4.78, 5) is 24.1. The number of nitrogens with two attached hydrogens (primary N) is 1. The summed E-state index contributed by atoms with van der Waals surface area (Å²) in [6.07, 6.45) is -1.09. The van der Waals surface area contributed by atoms with Crippen LogP contribution in [0, 0.1) is 5.82 Å². The first-order chi connectivity index (χ1) is 12.7. The molecule has 1 atom stereocenters. The highest BCUT2D eigenvalue weighted by Gasteiger charge is 2.19. The van der Waals surface area contributed by atoms with Crippen molar-refractivity contribution in [1.29, 1.82) is 0 Å². The molecule has 0 bridgehead atoms. The Balaban J connectivity index is 1.86. The molecule has 0 fully saturated rings. The Morgan fingerprint density at radius 3 is 2.41 bits per heavy atom. The Morgan fingerprint density at radius 2 is 1.81 bits per heavy atom. The van der Waals surface area contributed by atoms with Crippen molar-refractivity contribution in [2.24, 2.45) is 5.14 Å². The molecule has 2 rings (SSSR count). The summed E-state index contributed by atoms with van der Waals surface area (Å²) in [5.74, 6) is -1.86. The van der Waals surface area contributed by atoms with Crippen LogP contribution in [0.3, 0.4) is 0 Å². The first-order valence-corrected chi connectivity index (χ1v) is 10.2. The van der Waals surface area contributed by atoms with Crippen molar-refractivity contribution in [2.75, 3.05) is 11.1 Å². The molecular weight excluding hydrogens is 395 g/mol.